The molecule has 0 unspecified atom stereocenters. The molecule has 1 saturated carbocycles. The average Bonchev–Trinajstić information content (AvgIpc) is 2.88. The van der Waals surface area contributed by atoms with E-state index < -0.39 is 17.4 Å². The highest BCUT2D eigenvalue weighted by molar-refractivity contribution is 6.00. The second-order valence-electron chi connectivity index (χ2n) is 4.37. The van der Waals surface area contributed by atoms with Gasteiger partial charge in [0.05, 0.1) is 20.8 Å². The van der Waals surface area contributed by atoms with Crippen molar-refractivity contribution in [3.63, 3.8) is 0 Å². The van der Waals surface area contributed by atoms with Gasteiger partial charge in [-0.3, -0.25) is 9.59 Å². The van der Waals surface area contributed by atoms with E-state index in [2.05, 4.69) is 0 Å². The highest BCUT2D eigenvalue weighted by Crippen LogP contribution is 2.42. The molecular weight excluding hydrogens is 224 g/mol. The van der Waals surface area contributed by atoms with Gasteiger partial charge in [-0.1, -0.05) is 12.8 Å². The van der Waals surface area contributed by atoms with Gasteiger partial charge in [0.15, 0.2) is 5.41 Å². The summed E-state index contributed by atoms with van der Waals surface area (Å²) in [6.45, 7) is 0.0109. The smallest absolute Gasteiger partial charge is 0.325 e. The molecule has 0 bridgehead atoms. The van der Waals surface area contributed by atoms with E-state index in [1.807, 2.05) is 0 Å². The van der Waals surface area contributed by atoms with Gasteiger partial charge in [0.1, 0.15) is 0 Å². The van der Waals surface area contributed by atoms with Crippen LogP contribution < -0.4 is 0 Å². The highest BCUT2D eigenvalue weighted by atomic mass is 16.6. The van der Waals surface area contributed by atoms with E-state index in [1.165, 1.54) is 21.3 Å². The molecule has 0 radical (unpaired) electrons. The fourth-order valence-corrected chi connectivity index (χ4v) is 2.66. The van der Waals surface area contributed by atoms with Crippen LogP contribution in [0.4, 0.5) is 0 Å². The Morgan fingerprint density at radius 2 is 1.53 bits per heavy atom. The first kappa shape index (κ1) is 14.0. The molecule has 5 nitrogen and oxygen atoms in total. The van der Waals surface area contributed by atoms with E-state index in [0.717, 1.165) is 25.7 Å². The van der Waals surface area contributed by atoms with Crippen molar-refractivity contribution in [1.82, 2.24) is 0 Å². The van der Waals surface area contributed by atoms with Gasteiger partial charge in [-0.05, 0) is 18.8 Å². The van der Waals surface area contributed by atoms with Gasteiger partial charge in [0.2, 0.25) is 0 Å². The minimum Gasteiger partial charge on any atom is -0.468 e. The van der Waals surface area contributed by atoms with Crippen molar-refractivity contribution in [2.24, 2.45) is 11.3 Å². The summed E-state index contributed by atoms with van der Waals surface area (Å²) in [4.78, 5) is 24.0. The number of hydrogen-bond donors (Lipinski definition) is 0. The second-order valence-corrected chi connectivity index (χ2v) is 4.37. The molecular formula is C12H20O5. The zero-order chi connectivity index (χ0) is 12.9. The van der Waals surface area contributed by atoms with E-state index in [4.69, 9.17) is 14.2 Å². The Kier molecular flexibility index (Phi) is 4.93. The summed E-state index contributed by atoms with van der Waals surface area (Å²) in [7, 11) is 4.03. The van der Waals surface area contributed by atoms with Crippen LogP contribution >= 0.6 is 0 Å². The third-order valence-corrected chi connectivity index (χ3v) is 3.52. The number of ether oxygens (including phenoxy) is 3. The molecule has 0 N–H and O–H groups in total. The third-order valence-electron chi connectivity index (χ3n) is 3.52. The van der Waals surface area contributed by atoms with Crippen LogP contribution in [0, 0.1) is 11.3 Å². The van der Waals surface area contributed by atoms with Crippen LogP contribution in [0.2, 0.25) is 0 Å². The standard InChI is InChI=1S/C12H20O5/c1-15-8-12(10(13)16-2,11(14)17-3)9-6-4-5-7-9/h9H,4-8H2,1-3H3. The summed E-state index contributed by atoms with van der Waals surface area (Å²) in [6, 6.07) is 0. The van der Waals surface area contributed by atoms with E-state index >= 15 is 0 Å². The van der Waals surface area contributed by atoms with E-state index in [1.54, 1.807) is 0 Å². The predicted molar refractivity (Wildman–Crippen MR) is 60.3 cm³/mol. The van der Waals surface area contributed by atoms with Gasteiger partial charge in [0, 0.05) is 7.11 Å². The molecule has 0 saturated heterocycles. The van der Waals surface area contributed by atoms with Crippen molar-refractivity contribution in [2.75, 3.05) is 27.9 Å². The van der Waals surface area contributed by atoms with Gasteiger partial charge in [0.25, 0.3) is 0 Å². The van der Waals surface area contributed by atoms with E-state index in [0.29, 0.717) is 0 Å². The van der Waals surface area contributed by atoms with Crippen LogP contribution in [0.3, 0.4) is 0 Å². The van der Waals surface area contributed by atoms with Gasteiger partial charge >= 0.3 is 11.9 Å². The molecule has 0 aromatic carbocycles. The predicted octanol–water partition coefficient (Wildman–Crippen LogP) is 1.16. The average molecular weight is 244 g/mol. The lowest BCUT2D eigenvalue weighted by molar-refractivity contribution is -0.178. The highest BCUT2D eigenvalue weighted by Gasteiger charge is 2.55. The van der Waals surface area contributed by atoms with E-state index in [-0.39, 0.29) is 12.5 Å². The Morgan fingerprint density at radius 3 is 1.88 bits per heavy atom. The second kappa shape index (κ2) is 6.00. The van der Waals surface area contributed by atoms with Crippen molar-refractivity contribution < 1.29 is 23.8 Å². The van der Waals surface area contributed by atoms with Crippen molar-refractivity contribution in [3.05, 3.63) is 0 Å². The molecule has 0 amide bonds. The monoisotopic (exact) mass is 244 g/mol. The Morgan fingerprint density at radius 1 is 1.06 bits per heavy atom. The molecule has 0 aromatic heterocycles. The zero-order valence-electron chi connectivity index (χ0n) is 10.7. The zero-order valence-corrected chi connectivity index (χ0v) is 10.7. The topological polar surface area (TPSA) is 61.8 Å². The molecule has 1 fully saturated rings. The summed E-state index contributed by atoms with van der Waals surface area (Å²) in [5, 5.41) is 0. The van der Waals surface area contributed by atoms with Crippen molar-refractivity contribution in [1.29, 1.82) is 0 Å². The van der Waals surface area contributed by atoms with Crippen LogP contribution in [0.1, 0.15) is 25.7 Å². The number of rotatable bonds is 5. The number of methoxy groups -OCH3 is 3. The molecule has 5 heteroatoms. The number of carbonyl (C=O) groups is 2. The number of hydrogen-bond acceptors (Lipinski definition) is 5. The van der Waals surface area contributed by atoms with Crippen molar-refractivity contribution >= 4 is 11.9 Å². The Balaban J connectivity index is 3.08. The molecule has 98 valence electrons. The summed E-state index contributed by atoms with van der Waals surface area (Å²) in [6.07, 6.45) is 3.69. The van der Waals surface area contributed by atoms with E-state index in [9.17, 15) is 9.59 Å². The van der Waals surface area contributed by atoms with Crippen LogP contribution in [0.5, 0.6) is 0 Å². The minimum absolute atomic E-state index is 0.0109. The normalized spacial score (nSPS) is 16.9. The van der Waals surface area contributed by atoms with Gasteiger partial charge in [-0.2, -0.15) is 0 Å². The fraction of sp³-hybridized carbons (Fsp3) is 0.833. The molecule has 1 aliphatic rings. The molecule has 1 aliphatic carbocycles. The summed E-state index contributed by atoms with van der Waals surface area (Å²) in [5.41, 5.74) is -1.30. The first-order valence-corrected chi connectivity index (χ1v) is 5.79. The van der Waals surface area contributed by atoms with Gasteiger partial charge in [-0.15, -0.1) is 0 Å². The van der Waals surface area contributed by atoms with Gasteiger partial charge in [-0.25, -0.2) is 0 Å². The maximum atomic E-state index is 12.0. The quantitative estimate of drug-likeness (QED) is 0.536. The Labute approximate surface area is 101 Å². The largest absolute Gasteiger partial charge is 0.468 e. The van der Waals surface area contributed by atoms with Crippen molar-refractivity contribution in [2.45, 2.75) is 25.7 Å². The van der Waals surface area contributed by atoms with Crippen LogP contribution in [0.15, 0.2) is 0 Å². The molecule has 1 rings (SSSR count). The lowest BCUT2D eigenvalue weighted by atomic mass is 9.74. The Bertz CT molecular complexity index is 265. The maximum absolute atomic E-state index is 12.0. The molecule has 0 aliphatic heterocycles. The Hall–Kier alpha value is -1.10. The van der Waals surface area contributed by atoms with Crippen LogP contribution in [0.25, 0.3) is 0 Å². The molecule has 0 heterocycles. The lowest BCUT2D eigenvalue weighted by Gasteiger charge is -2.32. The van der Waals surface area contributed by atoms with Crippen LogP contribution in [-0.4, -0.2) is 39.9 Å². The fourth-order valence-electron chi connectivity index (χ4n) is 2.66. The molecule has 0 atom stereocenters. The lowest BCUT2D eigenvalue weighted by Crippen LogP contribution is -2.49. The number of carbonyl (C=O) groups excluding carboxylic acids is 2. The number of esters is 2. The van der Waals surface area contributed by atoms with Crippen LogP contribution in [-0.2, 0) is 23.8 Å². The SMILES string of the molecule is COCC(C(=O)OC)(C(=O)OC)C1CCCC1. The molecule has 0 spiro atoms. The van der Waals surface area contributed by atoms with Crippen molar-refractivity contribution in [3.8, 4) is 0 Å². The first-order chi connectivity index (χ1) is 8.13. The third kappa shape index (κ3) is 2.44. The van der Waals surface area contributed by atoms with Gasteiger partial charge < -0.3 is 14.2 Å². The first-order valence-electron chi connectivity index (χ1n) is 5.79. The minimum atomic E-state index is -1.30. The summed E-state index contributed by atoms with van der Waals surface area (Å²) >= 11 is 0. The maximum Gasteiger partial charge on any atom is 0.325 e. The molecule has 0 aromatic rings. The summed E-state index contributed by atoms with van der Waals surface area (Å²) in [5.74, 6) is -1.17. The summed E-state index contributed by atoms with van der Waals surface area (Å²) < 4.78 is 14.6. The molecule has 17 heavy (non-hydrogen) atoms.